The Morgan fingerprint density at radius 2 is 1.74 bits per heavy atom. The van der Waals surface area contributed by atoms with Crippen molar-refractivity contribution in [2.75, 3.05) is 11.9 Å². The summed E-state index contributed by atoms with van der Waals surface area (Å²) in [5.74, 6) is -1.84. The van der Waals surface area contributed by atoms with Crippen LogP contribution in [0.15, 0.2) is 42.9 Å². The molecule has 1 aliphatic rings. The van der Waals surface area contributed by atoms with Crippen LogP contribution >= 0.6 is 0 Å². The van der Waals surface area contributed by atoms with E-state index in [1.54, 1.807) is 13.0 Å². The quantitative estimate of drug-likeness (QED) is 0.388. The first-order valence-corrected chi connectivity index (χ1v) is 12.5. The van der Waals surface area contributed by atoms with Gasteiger partial charge in [-0.3, -0.25) is 4.79 Å². The summed E-state index contributed by atoms with van der Waals surface area (Å²) in [7, 11) is 0. The van der Waals surface area contributed by atoms with E-state index in [1.165, 1.54) is 18.5 Å². The zero-order valence-corrected chi connectivity index (χ0v) is 22.2. The molecule has 0 saturated carbocycles. The molecule has 0 bridgehead atoms. The van der Waals surface area contributed by atoms with E-state index in [-0.39, 0.29) is 29.6 Å². The molecular weight excluding hydrogens is 516 g/mol. The lowest BCUT2D eigenvalue weighted by Crippen LogP contribution is -2.34. The highest BCUT2D eigenvalue weighted by molar-refractivity contribution is 5.86. The van der Waals surface area contributed by atoms with Crippen molar-refractivity contribution < 1.29 is 27.1 Å². The van der Waals surface area contributed by atoms with Crippen LogP contribution in [0.5, 0.6) is 0 Å². The number of nitrogens with zero attached hydrogens (tertiary/aromatic N) is 4. The minimum Gasteiger partial charge on any atom is -0.373 e. The zero-order valence-electron chi connectivity index (χ0n) is 22.2. The summed E-state index contributed by atoms with van der Waals surface area (Å²) in [6.07, 6.45) is -0.941. The van der Waals surface area contributed by atoms with Gasteiger partial charge in [-0.15, -0.1) is 0 Å². The number of nitrogens with one attached hydrogen (secondary N) is 2. The molecule has 8 nitrogen and oxygen atoms in total. The van der Waals surface area contributed by atoms with E-state index < -0.39 is 35.1 Å². The average Bonchev–Trinajstić information content (AvgIpc) is 3.25. The summed E-state index contributed by atoms with van der Waals surface area (Å²) in [6, 6.07) is 4.37. The SMILES string of the molecule is CC(Nc1ncc(F)c(C2C(=O)NC[C@@H]2[C@@H](C)OC(C)(C)C)n1)c1ncc(-c2cccc(C(F)(F)F)c2)cn1. The van der Waals surface area contributed by atoms with Gasteiger partial charge in [-0.2, -0.15) is 13.2 Å². The lowest BCUT2D eigenvalue weighted by Gasteiger charge is -2.30. The van der Waals surface area contributed by atoms with Crippen molar-refractivity contribution in [1.82, 2.24) is 25.3 Å². The van der Waals surface area contributed by atoms with Crippen LogP contribution in [0.2, 0.25) is 0 Å². The smallest absolute Gasteiger partial charge is 0.373 e. The number of benzene rings is 1. The standard InChI is InChI=1S/C27H30F4N6O2/c1-14(23-32-10-17(11-33-23)16-7-6-8-18(9-16)27(29,30)31)36-25-35-13-20(28)22(37-25)21-19(12-34-24(21)38)15(2)39-26(3,4)5/h6-11,13-15,19,21H,12H2,1-5H3,(H,34,38)(H,35,36,37)/t14?,15-,19-,21?/m1/s1. The van der Waals surface area contributed by atoms with Gasteiger partial charge in [-0.1, -0.05) is 12.1 Å². The molecule has 4 rings (SSSR count). The third-order valence-corrected chi connectivity index (χ3v) is 6.36. The molecule has 1 aliphatic heterocycles. The summed E-state index contributed by atoms with van der Waals surface area (Å²) in [4.78, 5) is 29.6. The van der Waals surface area contributed by atoms with E-state index in [4.69, 9.17) is 4.74 Å². The number of hydrogen-bond acceptors (Lipinski definition) is 7. The topological polar surface area (TPSA) is 102 Å². The summed E-state index contributed by atoms with van der Waals surface area (Å²) in [5, 5.41) is 5.79. The molecule has 2 aromatic heterocycles. The Bertz CT molecular complexity index is 1330. The van der Waals surface area contributed by atoms with E-state index >= 15 is 0 Å². The van der Waals surface area contributed by atoms with Crippen molar-refractivity contribution in [2.24, 2.45) is 5.92 Å². The molecule has 4 atom stereocenters. The van der Waals surface area contributed by atoms with Crippen LogP contribution in [0, 0.1) is 11.7 Å². The number of carbonyl (C=O) groups excluding carboxylic acids is 1. The van der Waals surface area contributed by atoms with Gasteiger partial charge in [-0.05, 0) is 52.3 Å². The van der Waals surface area contributed by atoms with Crippen LogP contribution in [0.1, 0.15) is 63.7 Å². The van der Waals surface area contributed by atoms with Crippen molar-refractivity contribution in [1.29, 1.82) is 0 Å². The molecule has 2 N–H and O–H groups in total. The summed E-state index contributed by atoms with van der Waals surface area (Å²) < 4.78 is 60.1. The van der Waals surface area contributed by atoms with Crippen LogP contribution < -0.4 is 10.6 Å². The van der Waals surface area contributed by atoms with Crippen LogP contribution in [-0.4, -0.2) is 44.1 Å². The molecule has 0 spiro atoms. The fraction of sp³-hybridized carbons (Fsp3) is 0.444. The van der Waals surface area contributed by atoms with Crippen LogP contribution in [0.3, 0.4) is 0 Å². The second kappa shape index (κ2) is 10.8. The maximum Gasteiger partial charge on any atom is 0.416 e. The first-order valence-electron chi connectivity index (χ1n) is 12.5. The normalized spacial score (nSPS) is 19.5. The van der Waals surface area contributed by atoms with E-state index in [9.17, 15) is 22.4 Å². The third-order valence-electron chi connectivity index (χ3n) is 6.36. The molecular formula is C27H30F4N6O2. The monoisotopic (exact) mass is 546 g/mol. The summed E-state index contributed by atoms with van der Waals surface area (Å²) >= 11 is 0. The largest absolute Gasteiger partial charge is 0.416 e. The zero-order chi connectivity index (χ0) is 28.5. The van der Waals surface area contributed by atoms with E-state index in [0.29, 0.717) is 23.5 Å². The van der Waals surface area contributed by atoms with Crippen molar-refractivity contribution in [2.45, 2.75) is 64.5 Å². The summed E-state index contributed by atoms with van der Waals surface area (Å²) in [6.45, 7) is 9.64. The number of halogens is 4. The predicted octanol–water partition coefficient (Wildman–Crippen LogP) is 5.30. The molecule has 3 heterocycles. The van der Waals surface area contributed by atoms with E-state index in [1.807, 2.05) is 27.7 Å². The molecule has 208 valence electrons. The first kappa shape index (κ1) is 28.3. The van der Waals surface area contributed by atoms with Crippen molar-refractivity contribution in [3.8, 4) is 11.1 Å². The van der Waals surface area contributed by atoms with Crippen molar-refractivity contribution in [3.05, 3.63) is 65.8 Å². The number of rotatable bonds is 7. The van der Waals surface area contributed by atoms with E-state index in [0.717, 1.165) is 18.3 Å². The Hall–Kier alpha value is -3.67. The maximum absolute atomic E-state index is 14.9. The Morgan fingerprint density at radius 3 is 2.38 bits per heavy atom. The van der Waals surface area contributed by atoms with Gasteiger partial charge in [0.15, 0.2) is 5.82 Å². The van der Waals surface area contributed by atoms with Gasteiger partial charge in [0.1, 0.15) is 5.82 Å². The summed E-state index contributed by atoms with van der Waals surface area (Å²) in [5.41, 5.74) is -0.496. The molecule has 12 heteroatoms. The van der Waals surface area contributed by atoms with Crippen molar-refractivity contribution in [3.63, 3.8) is 0 Å². The fourth-order valence-electron chi connectivity index (χ4n) is 4.56. The fourth-order valence-corrected chi connectivity index (χ4v) is 4.56. The second-order valence-corrected chi connectivity index (χ2v) is 10.5. The second-order valence-electron chi connectivity index (χ2n) is 10.5. The van der Waals surface area contributed by atoms with Crippen LogP contribution in [0.25, 0.3) is 11.1 Å². The highest BCUT2D eigenvalue weighted by atomic mass is 19.4. The molecule has 2 unspecified atom stereocenters. The number of anilines is 1. The number of alkyl halides is 3. The van der Waals surface area contributed by atoms with Crippen LogP contribution in [-0.2, 0) is 15.7 Å². The van der Waals surface area contributed by atoms with Gasteiger partial charge in [0.05, 0.1) is 41.1 Å². The molecule has 1 fully saturated rings. The highest BCUT2D eigenvalue weighted by Crippen LogP contribution is 2.35. The van der Waals surface area contributed by atoms with Gasteiger partial charge in [0, 0.05) is 30.4 Å². The molecule has 0 aliphatic carbocycles. The average molecular weight is 547 g/mol. The van der Waals surface area contributed by atoms with E-state index in [2.05, 4.69) is 30.6 Å². The number of amides is 1. The lowest BCUT2D eigenvalue weighted by atomic mass is 9.87. The molecule has 0 radical (unpaired) electrons. The van der Waals surface area contributed by atoms with Gasteiger partial charge in [-0.25, -0.2) is 24.3 Å². The van der Waals surface area contributed by atoms with Gasteiger partial charge in [0.25, 0.3) is 0 Å². The minimum absolute atomic E-state index is 0.0372. The Balaban J connectivity index is 1.52. The Labute approximate surface area is 223 Å². The number of ether oxygens (including phenoxy) is 1. The van der Waals surface area contributed by atoms with Gasteiger partial charge < -0.3 is 15.4 Å². The van der Waals surface area contributed by atoms with Gasteiger partial charge in [0.2, 0.25) is 11.9 Å². The first-order chi connectivity index (χ1) is 18.2. The molecule has 1 saturated heterocycles. The highest BCUT2D eigenvalue weighted by Gasteiger charge is 2.43. The lowest BCUT2D eigenvalue weighted by molar-refractivity contribution is -0.137. The van der Waals surface area contributed by atoms with Gasteiger partial charge >= 0.3 is 6.18 Å². The molecule has 1 amide bonds. The Kier molecular flexibility index (Phi) is 7.87. The maximum atomic E-state index is 14.9. The molecule has 3 aromatic rings. The molecule has 1 aromatic carbocycles. The predicted molar refractivity (Wildman–Crippen MR) is 136 cm³/mol. The number of aromatic nitrogens is 4. The number of carbonyl (C=O) groups is 1. The Morgan fingerprint density at radius 1 is 1.05 bits per heavy atom. The van der Waals surface area contributed by atoms with Crippen LogP contribution in [0.4, 0.5) is 23.5 Å². The van der Waals surface area contributed by atoms with Crippen molar-refractivity contribution >= 4 is 11.9 Å². The number of hydrogen-bond donors (Lipinski definition) is 2. The third kappa shape index (κ3) is 6.67. The minimum atomic E-state index is -4.46. The molecule has 39 heavy (non-hydrogen) atoms.